The van der Waals surface area contributed by atoms with Gasteiger partial charge in [-0.25, -0.2) is 9.97 Å². The summed E-state index contributed by atoms with van der Waals surface area (Å²) in [6.07, 6.45) is 5.93. The number of aryl methyl sites for hydroxylation is 2. The lowest BCUT2D eigenvalue weighted by molar-refractivity contribution is 0.472. The van der Waals surface area contributed by atoms with E-state index < -0.39 is 0 Å². The maximum atomic E-state index is 4.79. The van der Waals surface area contributed by atoms with Crippen molar-refractivity contribution >= 4 is 0 Å². The highest BCUT2D eigenvalue weighted by atomic mass is 15.3. The van der Waals surface area contributed by atoms with Crippen molar-refractivity contribution in [3.8, 4) is 22.6 Å². The number of rotatable bonds is 5. The van der Waals surface area contributed by atoms with E-state index in [4.69, 9.17) is 4.98 Å². The number of nitrogens with zero attached hydrogens (tertiary/aromatic N) is 6. The fraction of sp³-hybridized carbons (Fsp3) is 0.300. The number of imidazole rings is 1. The van der Waals surface area contributed by atoms with Crippen LogP contribution in [0.3, 0.4) is 0 Å². The average molecular weight is 359 g/mol. The molecule has 0 bridgehead atoms. The van der Waals surface area contributed by atoms with Crippen LogP contribution < -0.4 is 0 Å². The van der Waals surface area contributed by atoms with Crippen molar-refractivity contribution in [1.82, 2.24) is 34.5 Å². The molecule has 136 valence electrons. The summed E-state index contributed by atoms with van der Waals surface area (Å²) in [6.45, 7) is 2.01. The topological polar surface area (TPSA) is 77.2 Å². The van der Waals surface area contributed by atoms with E-state index in [1.165, 1.54) is 12.8 Å². The molecule has 3 aromatic heterocycles. The minimum Gasteiger partial charge on any atom is -0.318 e. The molecule has 7 nitrogen and oxygen atoms in total. The highest BCUT2D eigenvalue weighted by molar-refractivity contribution is 5.77. The van der Waals surface area contributed by atoms with E-state index in [0.29, 0.717) is 5.92 Å². The fourth-order valence-electron chi connectivity index (χ4n) is 3.72. The third-order valence-corrected chi connectivity index (χ3v) is 5.17. The van der Waals surface area contributed by atoms with E-state index in [-0.39, 0.29) is 6.04 Å². The third-order valence-electron chi connectivity index (χ3n) is 5.17. The predicted molar refractivity (Wildman–Crippen MR) is 102 cm³/mol. The first-order chi connectivity index (χ1) is 13.2. The molecule has 4 aromatic rings. The Balaban J connectivity index is 1.73. The van der Waals surface area contributed by atoms with E-state index in [9.17, 15) is 0 Å². The molecular weight excluding hydrogens is 338 g/mol. The number of nitrogens with one attached hydrogen (secondary N) is 1. The zero-order chi connectivity index (χ0) is 18.4. The minimum absolute atomic E-state index is 0.106. The molecular formula is C20H21N7. The second-order valence-electron chi connectivity index (χ2n) is 7.18. The molecule has 27 heavy (non-hydrogen) atoms. The first-order valence-electron chi connectivity index (χ1n) is 9.21. The standard InChI is InChI=1S/C20H21N7/c1-13-10-16(25-24-13)19-17(14-6-4-3-5-7-14)22-12-27(19)18(15-8-9-15)20-21-11-23-26(20)2/h3-7,10-12,15,18H,8-9H2,1-2H3,(H,24,25). The monoisotopic (exact) mass is 359 g/mol. The van der Waals surface area contributed by atoms with E-state index >= 15 is 0 Å². The van der Waals surface area contributed by atoms with Gasteiger partial charge in [-0.2, -0.15) is 10.2 Å². The van der Waals surface area contributed by atoms with Gasteiger partial charge in [-0.3, -0.25) is 9.78 Å². The Labute approximate surface area is 157 Å². The lowest BCUT2D eigenvalue weighted by atomic mass is 10.1. The number of aromatic nitrogens is 7. The van der Waals surface area contributed by atoms with Gasteiger partial charge in [0.1, 0.15) is 17.8 Å². The van der Waals surface area contributed by atoms with Crippen LogP contribution in [0.2, 0.25) is 0 Å². The largest absolute Gasteiger partial charge is 0.318 e. The molecule has 1 aliphatic rings. The second-order valence-corrected chi connectivity index (χ2v) is 7.18. The molecule has 1 aliphatic carbocycles. The van der Waals surface area contributed by atoms with Gasteiger partial charge in [0.05, 0.1) is 23.8 Å². The maximum absolute atomic E-state index is 4.79. The van der Waals surface area contributed by atoms with Crippen LogP contribution in [0.25, 0.3) is 22.6 Å². The smallest absolute Gasteiger partial charge is 0.150 e. The summed E-state index contributed by atoms with van der Waals surface area (Å²) in [5, 5.41) is 11.9. The van der Waals surface area contributed by atoms with Gasteiger partial charge >= 0.3 is 0 Å². The number of benzene rings is 1. The number of hydrogen-bond acceptors (Lipinski definition) is 4. The van der Waals surface area contributed by atoms with Crippen LogP contribution in [0.4, 0.5) is 0 Å². The molecule has 1 unspecified atom stereocenters. The van der Waals surface area contributed by atoms with Gasteiger partial charge in [0.15, 0.2) is 0 Å². The molecule has 0 spiro atoms. The molecule has 1 atom stereocenters. The van der Waals surface area contributed by atoms with Crippen LogP contribution in [0.5, 0.6) is 0 Å². The zero-order valence-corrected chi connectivity index (χ0v) is 15.4. The molecule has 0 aliphatic heterocycles. The first-order valence-corrected chi connectivity index (χ1v) is 9.21. The Morgan fingerprint density at radius 1 is 1.15 bits per heavy atom. The van der Waals surface area contributed by atoms with Crippen LogP contribution in [0.15, 0.2) is 49.1 Å². The van der Waals surface area contributed by atoms with E-state index in [0.717, 1.165) is 34.2 Å². The molecule has 1 N–H and O–H groups in total. The van der Waals surface area contributed by atoms with Gasteiger partial charge in [0.2, 0.25) is 0 Å². The summed E-state index contributed by atoms with van der Waals surface area (Å²) >= 11 is 0. The number of hydrogen-bond donors (Lipinski definition) is 1. The molecule has 0 amide bonds. The van der Waals surface area contributed by atoms with Crippen molar-refractivity contribution in [3.63, 3.8) is 0 Å². The predicted octanol–water partition coefficient (Wildman–Crippen LogP) is 3.38. The molecule has 0 radical (unpaired) electrons. The summed E-state index contributed by atoms with van der Waals surface area (Å²) < 4.78 is 4.10. The Morgan fingerprint density at radius 2 is 1.96 bits per heavy atom. The van der Waals surface area contributed by atoms with E-state index in [1.54, 1.807) is 6.33 Å². The van der Waals surface area contributed by atoms with Gasteiger partial charge in [-0.05, 0) is 31.7 Å². The van der Waals surface area contributed by atoms with Crippen molar-refractivity contribution in [2.75, 3.05) is 0 Å². The lowest BCUT2D eigenvalue weighted by Gasteiger charge is -2.20. The van der Waals surface area contributed by atoms with Crippen molar-refractivity contribution < 1.29 is 0 Å². The van der Waals surface area contributed by atoms with Gasteiger partial charge in [0.25, 0.3) is 0 Å². The number of H-pyrrole nitrogens is 1. The summed E-state index contributed by atoms with van der Waals surface area (Å²) in [6, 6.07) is 12.4. The van der Waals surface area contributed by atoms with Crippen molar-refractivity contribution in [1.29, 1.82) is 0 Å². The van der Waals surface area contributed by atoms with Crippen LogP contribution in [-0.4, -0.2) is 34.5 Å². The summed E-state index contributed by atoms with van der Waals surface area (Å²) in [4.78, 5) is 9.35. The molecule has 1 saturated carbocycles. The molecule has 1 fully saturated rings. The summed E-state index contributed by atoms with van der Waals surface area (Å²) in [5.74, 6) is 1.51. The molecule has 1 aromatic carbocycles. The lowest BCUT2D eigenvalue weighted by Crippen LogP contribution is -2.18. The van der Waals surface area contributed by atoms with Crippen LogP contribution >= 0.6 is 0 Å². The summed E-state index contributed by atoms with van der Waals surface area (Å²) in [7, 11) is 1.95. The van der Waals surface area contributed by atoms with E-state index in [1.807, 2.05) is 43.2 Å². The quantitative estimate of drug-likeness (QED) is 0.593. The molecule has 3 heterocycles. The summed E-state index contributed by atoms with van der Waals surface area (Å²) in [5.41, 5.74) is 4.97. The van der Waals surface area contributed by atoms with Crippen LogP contribution in [0, 0.1) is 12.8 Å². The van der Waals surface area contributed by atoms with Gasteiger partial charge < -0.3 is 4.57 Å². The van der Waals surface area contributed by atoms with Crippen molar-refractivity contribution in [2.24, 2.45) is 13.0 Å². The Bertz CT molecular complexity index is 1070. The maximum Gasteiger partial charge on any atom is 0.150 e. The van der Waals surface area contributed by atoms with Gasteiger partial charge in [-0.1, -0.05) is 30.3 Å². The van der Waals surface area contributed by atoms with Crippen molar-refractivity contribution in [2.45, 2.75) is 25.8 Å². The molecule has 7 heteroatoms. The highest BCUT2D eigenvalue weighted by Gasteiger charge is 2.38. The van der Waals surface area contributed by atoms with E-state index in [2.05, 4.69) is 43.0 Å². The highest BCUT2D eigenvalue weighted by Crippen LogP contribution is 2.45. The third kappa shape index (κ3) is 2.75. The minimum atomic E-state index is 0.106. The number of aromatic amines is 1. The second kappa shape index (κ2) is 6.19. The van der Waals surface area contributed by atoms with Crippen LogP contribution in [0.1, 0.15) is 30.4 Å². The normalized spacial score (nSPS) is 15.2. The Morgan fingerprint density at radius 3 is 2.59 bits per heavy atom. The zero-order valence-electron chi connectivity index (χ0n) is 15.4. The Kier molecular flexibility index (Phi) is 3.67. The average Bonchev–Trinajstić information content (AvgIpc) is 3.06. The first kappa shape index (κ1) is 16.0. The van der Waals surface area contributed by atoms with Gasteiger partial charge in [-0.15, -0.1) is 0 Å². The van der Waals surface area contributed by atoms with Crippen molar-refractivity contribution in [3.05, 3.63) is 60.6 Å². The van der Waals surface area contributed by atoms with Gasteiger partial charge in [0, 0.05) is 18.3 Å². The molecule has 0 saturated heterocycles. The Hall–Kier alpha value is -3.22. The fourth-order valence-corrected chi connectivity index (χ4v) is 3.72. The van der Waals surface area contributed by atoms with Crippen LogP contribution in [-0.2, 0) is 7.05 Å². The SMILES string of the molecule is Cc1cc(-c2c(-c3ccccc3)ncn2C(c2ncnn2C)C2CC2)n[nH]1. The molecule has 5 rings (SSSR count).